The molecule has 1 N–H and O–H groups in total. The molecule has 5 nitrogen and oxygen atoms in total. The molecule has 0 aliphatic carbocycles. The number of sulfone groups is 1. The minimum Gasteiger partial charge on any atom is -0.488 e. The van der Waals surface area contributed by atoms with E-state index in [1.54, 1.807) is 54.6 Å². The molecule has 3 rings (SSSR count). The van der Waals surface area contributed by atoms with Crippen LogP contribution in [0.5, 0.6) is 5.75 Å². The molecule has 0 saturated carbocycles. The Balaban J connectivity index is 1.55. The number of halogens is 1. The maximum atomic E-state index is 12.6. The van der Waals surface area contributed by atoms with Gasteiger partial charge in [-0.1, -0.05) is 64.5 Å². The summed E-state index contributed by atoms with van der Waals surface area (Å²) in [5.74, 6) is 0.148. The van der Waals surface area contributed by atoms with Gasteiger partial charge in [0.2, 0.25) is 0 Å². The second kappa shape index (κ2) is 10.4. The Hall–Kier alpha value is -2.64. The van der Waals surface area contributed by atoms with Crippen molar-refractivity contribution in [3.05, 3.63) is 94.5 Å². The van der Waals surface area contributed by atoms with Gasteiger partial charge in [-0.15, -0.1) is 0 Å². The minimum atomic E-state index is -3.35. The lowest BCUT2D eigenvalue weighted by atomic mass is 10.2. The Kier molecular flexibility index (Phi) is 7.65. The van der Waals surface area contributed by atoms with Gasteiger partial charge in [0.05, 0.1) is 16.2 Å². The molecule has 0 spiro atoms. The van der Waals surface area contributed by atoms with Crippen molar-refractivity contribution in [3.8, 4) is 5.75 Å². The molecule has 0 aliphatic rings. The first-order chi connectivity index (χ1) is 14.5. The Morgan fingerprint density at radius 1 is 0.900 bits per heavy atom. The highest BCUT2D eigenvalue weighted by molar-refractivity contribution is 9.10. The van der Waals surface area contributed by atoms with E-state index in [1.165, 1.54) is 0 Å². The fourth-order valence-electron chi connectivity index (χ4n) is 2.86. The molecule has 0 atom stereocenters. The number of rotatable bonds is 9. The van der Waals surface area contributed by atoms with E-state index in [0.717, 1.165) is 10.0 Å². The van der Waals surface area contributed by atoms with Gasteiger partial charge in [-0.05, 0) is 36.8 Å². The summed E-state index contributed by atoms with van der Waals surface area (Å²) in [7, 11) is -3.35. The lowest BCUT2D eigenvalue weighted by Crippen LogP contribution is -2.26. The van der Waals surface area contributed by atoms with Crippen molar-refractivity contribution < 1.29 is 17.9 Å². The van der Waals surface area contributed by atoms with Gasteiger partial charge in [-0.3, -0.25) is 4.79 Å². The second-order valence-electron chi connectivity index (χ2n) is 6.62. The predicted octanol–water partition coefficient (Wildman–Crippen LogP) is 4.62. The quantitative estimate of drug-likeness (QED) is 0.446. The van der Waals surface area contributed by atoms with Gasteiger partial charge >= 0.3 is 0 Å². The Labute approximate surface area is 185 Å². The minimum absolute atomic E-state index is 0.0303. The molecule has 0 aliphatic heterocycles. The lowest BCUT2D eigenvalue weighted by Gasteiger charge is -2.12. The van der Waals surface area contributed by atoms with E-state index >= 15 is 0 Å². The molecule has 3 aromatic rings. The van der Waals surface area contributed by atoms with E-state index in [4.69, 9.17) is 4.74 Å². The summed E-state index contributed by atoms with van der Waals surface area (Å²) in [6, 6.07) is 23.0. The number of carbonyl (C=O) groups excluding carboxylic acids is 1. The summed E-state index contributed by atoms with van der Waals surface area (Å²) >= 11 is 3.48. The molecule has 0 bridgehead atoms. The number of benzene rings is 3. The summed E-state index contributed by atoms with van der Waals surface area (Å²) < 4.78 is 31.4. The van der Waals surface area contributed by atoms with Gasteiger partial charge in [0, 0.05) is 16.6 Å². The third-order valence-electron chi connectivity index (χ3n) is 4.45. The van der Waals surface area contributed by atoms with Gasteiger partial charge in [0.25, 0.3) is 5.91 Å². The molecule has 7 heteroatoms. The fourth-order valence-corrected chi connectivity index (χ4v) is 4.59. The number of hydrogen-bond acceptors (Lipinski definition) is 4. The predicted molar refractivity (Wildman–Crippen MR) is 120 cm³/mol. The van der Waals surface area contributed by atoms with E-state index in [2.05, 4.69) is 21.2 Å². The average molecular weight is 488 g/mol. The van der Waals surface area contributed by atoms with Crippen LogP contribution in [-0.2, 0) is 16.4 Å². The molecular weight excluding hydrogens is 466 g/mol. The molecule has 30 heavy (non-hydrogen) atoms. The average Bonchev–Trinajstić information content (AvgIpc) is 2.77. The highest BCUT2D eigenvalue weighted by Crippen LogP contribution is 2.22. The third-order valence-corrected chi connectivity index (χ3v) is 7.04. The van der Waals surface area contributed by atoms with E-state index in [0.29, 0.717) is 29.2 Å². The molecule has 0 radical (unpaired) electrons. The molecule has 156 valence electrons. The first-order valence-corrected chi connectivity index (χ1v) is 11.9. The zero-order chi connectivity index (χ0) is 21.4. The fraction of sp³-hybridized carbons (Fsp3) is 0.174. The number of ether oxygens (including phenoxy) is 1. The van der Waals surface area contributed by atoms with Gasteiger partial charge < -0.3 is 10.1 Å². The van der Waals surface area contributed by atoms with Crippen LogP contribution in [0.1, 0.15) is 22.3 Å². The summed E-state index contributed by atoms with van der Waals surface area (Å²) in [5, 5.41) is 2.78. The van der Waals surface area contributed by atoms with Crippen molar-refractivity contribution >= 4 is 31.7 Å². The largest absolute Gasteiger partial charge is 0.488 e. The molecule has 0 unspecified atom stereocenters. The molecule has 1 amide bonds. The third kappa shape index (κ3) is 5.93. The van der Waals surface area contributed by atoms with Crippen LogP contribution in [0.4, 0.5) is 0 Å². The van der Waals surface area contributed by atoms with Crippen LogP contribution in [0.3, 0.4) is 0 Å². The van der Waals surface area contributed by atoms with Gasteiger partial charge in [0.1, 0.15) is 12.4 Å². The Morgan fingerprint density at radius 3 is 2.33 bits per heavy atom. The van der Waals surface area contributed by atoms with Crippen molar-refractivity contribution in [2.24, 2.45) is 0 Å². The van der Waals surface area contributed by atoms with Crippen LogP contribution < -0.4 is 10.1 Å². The van der Waals surface area contributed by atoms with E-state index in [-0.39, 0.29) is 18.2 Å². The molecule has 0 fully saturated rings. The summed E-state index contributed by atoms with van der Waals surface area (Å²) in [6.07, 6.45) is 0.322. The zero-order valence-corrected chi connectivity index (χ0v) is 18.7. The number of amides is 1. The zero-order valence-electron chi connectivity index (χ0n) is 16.3. The normalized spacial score (nSPS) is 11.1. The van der Waals surface area contributed by atoms with E-state index in [9.17, 15) is 13.2 Å². The topological polar surface area (TPSA) is 72.5 Å². The number of hydrogen-bond donors (Lipinski definition) is 1. The van der Waals surface area contributed by atoms with E-state index < -0.39 is 9.84 Å². The summed E-state index contributed by atoms with van der Waals surface area (Å²) in [4.78, 5) is 12.9. The van der Waals surface area contributed by atoms with Crippen molar-refractivity contribution in [2.75, 3.05) is 12.3 Å². The van der Waals surface area contributed by atoms with Gasteiger partial charge in [-0.2, -0.15) is 0 Å². The first kappa shape index (κ1) is 22.1. The van der Waals surface area contributed by atoms with E-state index in [1.807, 2.05) is 24.3 Å². The van der Waals surface area contributed by atoms with Crippen LogP contribution >= 0.6 is 15.9 Å². The second-order valence-corrected chi connectivity index (χ2v) is 9.58. The van der Waals surface area contributed by atoms with Crippen LogP contribution in [0.25, 0.3) is 0 Å². The van der Waals surface area contributed by atoms with Crippen molar-refractivity contribution in [1.29, 1.82) is 0 Å². The summed E-state index contributed by atoms with van der Waals surface area (Å²) in [6.45, 7) is 0.574. The standard InChI is InChI=1S/C23H22BrNO4S/c24-21-13-6-4-9-18(21)17-29-22-14-7-5-12-20(22)23(26)25-15-8-16-30(27,28)19-10-2-1-3-11-19/h1-7,9-14H,8,15-17H2,(H,25,26). The Bertz CT molecular complexity index is 1100. The highest BCUT2D eigenvalue weighted by Gasteiger charge is 2.15. The molecule has 3 aromatic carbocycles. The smallest absolute Gasteiger partial charge is 0.255 e. The maximum Gasteiger partial charge on any atom is 0.255 e. The Morgan fingerprint density at radius 2 is 1.57 bits per heavy atom. The van der Waals surface area contributed by atoms with Crippen LogP contribution in [0.2, 0.25) is 0 Å². The molecule has 0 aromatic heterocycles. The number of nitrogens with one attached hydrogen (secondary N) is 1. The van der Waals surface area contributed by atoms with Crippen molar-refractivity contribution in [3.63, 3.8) is 0 Å². The lowest BCUT2D eigenvalue weighted by molar-refractivity contribution is 0.0949. The first-order valence-electron chi connectivity index (χ1n) is 9.48. The van der Waals surface area contributed by atoms with Crippen LogP contribution in [-0.4, -0.2) is 26.6 Å². The molecular formula is C23H22BrNO4S. The number of carbonyl (C=O) groups is 1. The highest BCUT2D eigenvalue weighted by atomic mass is 79.9. The van der Waals surface area contributed by atoms with Crippen molar-refractivity contribution in [2.45, 2.75) is 17.9 Å². The van der Waals surface area contributed by atoms with Crippen LogP contribution in [0.15, 0.2) is 88.2 Å². The number of para-hydroxylation sites is 1. The molecule has 0 saturated heterocycles. The maximum absolute atomic E-state index is 12.6. The molecule has 0 heterocycles. The summed E-state index contributed by atoms with van der Waals surface area (Å²) in [5.41, 5.74) is 1.38. The van der Waals surface area contributed by atoms with Gasteiger partial charge in [0.15, 0.2) is 9.84 Å². The monoisotopic (exact) mass is 487 g/mol. The van der Waals surface area contributed by atoms with Gasteiger partial charge in [-0.25, -0.2) is 8.42 Å². The van der Waals surface area contributed by atoms with Crippen LogP contribution in [0, 0.1) is 0 Å². The van der Waals surface area contributed by atoms with Crippen molar-refractivity contribution in [1.82, 2.24) is 5.32 Å². The SMILES string of the molecule is O=C(NCCCS(=O)(=O)c1ccccc1)c1ccccc1OCc1ccccc1Br.